The Labute approximate surface area is 865 Å². The lowest BCUT2D eigenvalue weighted by Crippen LogP contribution is -2.30. The van der Waals surface area contributed by atoms with E-state index in [-0.39, 0.29) is 46.2 Å². The molecule has 42 heteroatoms. The highest BCUT2D eigenvalue weighted by molar-refractivity contribution is 4.62. The molecule has 0 unspecified atom stereocenters. The third-order valence-corrected chi connectivity index (χ3v) is 20.0. The highest BCUT2D eigenvalue weighted by atomic mass is 16.5. The number of nitrogens with zero attached hydrogens (tertiary/aromatic N) is 18. The number of likely N-dealkylation sites (N-methyl/N-ethyl adjacent to an activating group) is 16. The van der Waals surface area contributed by atoms with Gasteiger partial charge in [-0.1, -0.05) is 0 Å². The zero-order valence-corrected chi connectivity index (χ0v) is 97.4. The van der Waals surface area contributed by atoms with Crippen LogP contribution in [0.3, 0.4) is 0 Å². The highest BCUT2D eigenvalue weighted by Gasteiger charge is 2.06. The third-order valence-electron chi connectivity index (χ3n) is 20.0. The van der Waals surface area contributed by atoms with E-state index in [2.05, 4.69) is 194 Å². The molecule has 0 aliphatic heterocycles. The molecule has 0 radical (unpaired) electrons. The summed E-state index contributed by atoms with van der Waals surface area (Å²) < 4.78 is 9.79. The number of hydrogen-bond acceptors (Lipinski definition) is 42. The van der Waals surface area contributed by atoms with Gasteiger partial charge < -0.3 is 214 Å². The van der Waals surface area contributed by atoms with Crippen LogP contribution in [-0.2, 0) is 9.47 Å². The van der Waals surface area contributed by atoms with Crippen molar-refractivity contribution in [2.75, 3.05) is 572 Å². The van der Waals surface area contributed by atoms with E-state index in [4.69, 9.17) is 99.4 Å². The summed E-state index contributed by atoms with van der Waals surface area (Å²) in [5.74, 6) is 0. The number of ether oxygens (including phenoxy) is 2. The smallest absolute Gasteiger partial charge is 0.0589 e. The fourth-order valence-corrected chi connectivity index (χ4v) is 10.8. The van der Waals surface area contributed by atoms with Crippen LogP contribution in [0.25, 0.3) is 0 Å². The Bertz CT molecular complexity index is 1850. The van der Waals surface area contributed by atoms with Gasteiger partial charge in [-0.2, -0.15) is 0 Å². The summed E-state index contributed by atoms with van der Waals surface area (Å²) >= 11 is 0. The maximum Gasteiger partial charge on any atom is 0.0589 e. The SMILES string of the molecule is CN(C)CCCN(C)CCCO.CN(C)CCCN(C)CCO.CN(C)CCN(C)CCCO.CN(C)CCN(C)CCO.CN(CCCN)CCCO.CN(CCN)CCCO.CN(CCN)CCO.CNCCCN(C)CCCO.CNCCCN(C)CCO.CNCCN(C)CCCO.CNCCN(C)CCCO.CNCCN(C)CCO.COCCCN(C)CCN.COCCN(C)CCN. The second-order valence-electron chi connectivity index (χ2n) is 36.2. The van der Waals surface area contributed by atoms with Crippen LogP contribution >= 0.6 is 0 Å². The quantitative estimate of drug-likeness (QED) is 0.0252. The Morgan fingerprint density at radius 1 is 0.157 bits per heavy atom. The van der Waals surface area contributed by atoms with Crippen molar-refractivity contribution in [3.8, 4) is 0 Å². The molecule has 0 saturated heterocycles. The summed E-state index contributed by atoms with van der Waals surface area (Å²) in [6.07, 6.45) is 12.9. The molecule has 0 rings (SSSR count). The van der Waals surface area contributed by atoms with Crippen molar-refractivity contribution < 1.29 is 70.8 Å². The van der Waals surface area contributed by atoms with Crippen LogP contribution in [0.15, 0.2) is 0 Å². The molecular formula is C98H252N28O14. The van der Waals surface area contributed by atoms with Crippen LogP contribution in [0.5, 0.6) is 0 Å². The monoisotopic (exact) mass is 2050 g/mol. The van der Waals surface area contributed by atoms with E-state index in [1.54, 1.807) is 14.2 Å². The molecule has 0 aliphatic carbocycles. The largest absolute Gasteiger partial charge is 0.396 e. The molecule has 0 atom stereocenters. The van der Waals surface area contributed by atoms with Crippen molar-refractivity contribution in [1.29, 1.82) is 0 Å². The van der Waals surface area contributed by atoms with Gasteiger partial charge in [-0.3, -0.25) is 0 Å². The maximum absolute atomic E-state index is 8.59. The van der Waals surface area contributed by atoms with Crippen LogP contribution in [-0.4, -0.2) is 721 Å². The highest BCUT2D eigenvalue weighted by Crippen LogP contribution is 1.96. The van der Waals surface area contributed by atoms with E-state index in [0.29, 0.717) is 46.1 Å². The standard InChI is InChI=1S/C9H22N2O.3C8H20N2O.6C7H18N2O.3C6H16N2O.C5H14N2O/c1-10(2)6-4-7-11(3)8-5-9-12;1-9(2)6-7-10(3)5-4-8-11;1-9(2)5-4-6-10(3)7-8-11;1-9-5-3-6-10(2)7-4-8-11;1-8(2)4-5-9(3)6-7-10;1-9(6-4-8)5-3-7-10-2;2*1-8-4-6-9(2)5-3-7-10;1-8-4-3-5-9(2)6-7-10;1-9(5-2-4-8)6-3-7-10;1-8(4-3-7)5-6-9-2;1-7-3-4-8(2)5-6-9;1-8(5-3-7)4-2-6-9;1-7(3-2-6)4-5-8/h12H,4-9H2,1-3H3;2*11H,4-8H2,1-3H3;9,11H,3-8H2,1-2H3;10H,4-7H2,1-3H3;3-8H2,1-2H3;3*8,10H,3-7H2,1-2H3;10H,2-8H2,1H3;3-7H2,1-2H3;7,9H,3-6H2,1-2H3;9H,2-7H2,1H3;8H,2-6H2,1H3. The Kier molecular flexibility index (Phi) is 187. The Morgan fingerprint density at radius 3 is 0.550 bits per heavy atom. The minimum atomic E-state index is 0.219. The van der Waals surface area contributed by atoms with Crippen LogP contribution in [0.1, 0.15) is 83.5 Å². The van der Waals surface area contributed by atoms with Crippen molar-refractivity contribution in [2.45, 2.75) is 83.5 Å². The van der Waals surface area contributed by atoms with E-state index in [9.17, 15) is 0 Å². The molecule has 0 fully saturated rings. The average Bonchev–Trinajstić information content (AvgIpc) is 0.998. The van der Waals surface area contributed by atoms with Crippen molar-refractivity contribution >= 4 is 0 Å². The first-order chi connectivity index (χ1) is 66.7. The van der Waals surface area contributed by atoms with Gasteiger partial charge in [0.1, 0.15) is 0 Å². The molecule has 0 heterocycles. The molecule has 868 valence electrons. The molecule has 0 aliphatic rings. The molecule has 42 nitrogen and oxygen atoms in total. The second kappa shape index (κ2) is 155. The summed E-state index contributed by atoms with van der Waals surface area (Å²) in [4.78, 5) is 38.9. The van der Waals surface area contributed by atoms with Gasteiger partial charge >= 0.3 is 0 Å². The lowest BCUT2D eigenvalue weighted by Gasteiger charge is -2.18. The van der Waals surface area contributed by atoms with Crippen LogP contribution in [0, 0.1) is 0 Å². The number of aliphatic hydroxyl groups excluding tert-OH is 12. The molecular weight excluding hydrogens is 1790 g/mol. The van der Waals surface area contributed by atoms with Gasteiger partial charge in [0.2, 0.25) is 0 Å². The van der Waals surface area contributed by atoms with Gasteiger partial charge in [-0.05, 0) is 339 Å². The number of nitrogens with one attached hydrogen (secondary N) is 5. The molecule has 0 spiro atoms. The predicted molar refractivity (Wildman–Crippen MR) is 603 cm³/mol. The average molecular weight is 2050 g/mol. The summed E-state index contributed by atoms with van der Waals surface area (Å²) in [6.45, 7) is 45.1. The van der Waals surface area contributed by atoms with Crippen molar-refractivity contribution in [2.24, 2.45) is 28.7 Å². The van der Waals surface area contributed by atoms with E-state index in [0.717, 1.165) is 339 Å². The first-order valence-electron chi connectivity index (χ1n) is 52.0. The van der Waals surface area contributed by atoms with Crippen LogP contribution in [0.4, 0.5) is 0 Å². The van der Waals surface area contributed by atoms with Gasteiger partial charge in [0.15, 0.2) is 0 Å². The molecule has 0 aromatic rings. The van der Waals surface area contributed by atoms with Crippen LogP contribution in [0.2, 0.25) is 0 Å². The molecule has 0 bridgehead atoms. The maximum atomic E-state index is 8.59. The van der Waals surface area contributed by atoms with Gasteiger partial charge in [0, 0.05) is 277 Å². The Morgan fingerprint density at radius 2 is 0.336 bits per heavy atom. The predicted octanol–water partition coefficient (Wildman–Crippen LogP) is -5.74. The van der Waals surface area contributed by atoms with Gasteiger partial charge in [0.25, 0.3) is 0 Å². The van der Waals surface area contributed by atoms with E-state index >= 15 is 0 Å². The normalized spacial score (nSPS) is 11.0. The van der Waals surface area contributed by atoms with Crippen molar-refractivity contribution in [1.82, 2.24) is 115 Å². The van der Waals surface area contributed by atoms with E-state index < -0.39 is 0 Å². The van der Waals surface area contributed by atoms with Gasteiger partial charge in [0.05, 0.1) is 39.6 Å². The van der Waals surface area contributed by atoms with Crippen molar-refractivity contribution in [3.63, 3.8) is 0 Å². The zero-order valence-electron chi connectivity index (χ0n) is 97.4. The molecule has 0 saturated carbocycles. The fourth-order valence-electron chi connectivity index (χ4n) is 10.8. The number of nitrogens with two attached hydrogens (primary N) is 5. The lowest BCUT2D eigenvalue weighted by molar-refractivity contribution is 0.163. The molecule has 140 heavy (non-hydrogen) atoms. The first-order valence-corrected chi connectivity index (χ1v) is 52.0. The first kappa shape index (κ1) is 169. The van der Waals surface area contributed by atoms with Gasteiger partial charge in [-0.25, -0.2) is 0 Å². The number of methoxy groups -OCH3 is 2. The Hall–Kier alpha value is -1.68. The molecule has 0 amide bonds. The fraction of sp³-hybridized carbons (Fsp3) is 1.00. The summed E-state index contributed by atoms with van der Waals surface area (Å²) in [5.41, 5.74) is 26.5. The number of aliphatic hydroxyl groups is 12. The van der Waals surface area contributed by atoms with Gasteiger partial charge in [-0.15, -0.1) is 0 Å². The summed E-state index contributed by atoms with van der Waals surface area (Å²) in [7, 11) is 58.3. The molecule has 0 aromatic carbocycles. The zero-order chi connectivity index (χ0) is 110. The number of hydrogen-bond donors (Lipinski definition) is 22. The topological polar surface area (TPSA) is 510 Å². The minimum absolute atomic E-state index is 0.219. The molecule has 27 N–H and O–H groups in total. The van der Waals surface area contributed by atoms with E-state index in [1.165, 1.54) is 19.3 Å². The second-order valence-corrected chi connectivity index (χ2v) is 36.2. The third kappa shape index (κ3) is 205. The molecule has 0 aromatic heterocycles. The van der Waals surface area contributed by atoms with Crippen molar-refractivity contribution in [3.05, 3.63) is 0 Å². The van der Waals surface area contributed by atoms with Crippen LogP contribution < -0.4 is 55.3 Å². The lowest BCUT2D eigenvalue weighted by atomic mass is 10.3. The van der Waals surface area contributed by atoms with E-state index in [1.807, 2.05) is 111 Å². The summed E-state index contributed by atoms with van der Waals surface area (Å²) in [5, 5.41) is 117. The number of rotatable bonds is 80. The Balaban J connectivity index is -0.000000102. The minimum Gasteiger partial charge on any atom is -0.396 e. The summed E-state index contributed by atoms with van der Waals surface area (Å²) in [6, 6.07) is 0.